The molecule has 20 heavy (non-hydrogen) atoms. The molecule has 0 bridgehead atoms. The minimum Gasteiger partial charge on any atom is -0.461 e. The lowest BCUT2D eigenvalue weighted by atomic mass is 10.2. The van der Waals surface area contributed by atoms with Crippen molar-refractivity contribution < 1.29 is 4.42 Å². The minimum atomic E-state index is 0.671. The molecule has 0 aliphatic carbocycles. The smallest absolute Gasteiger partial charge is 0.205 e. The van der Waals surface area contributed by atoms with Gasteiger partial charge < -0.3 is 4.42 Å². The first-order valence-corrected chi connectivity index (χ1v) is 7.61. The highest BCUT2D eigenvalue weighted by molar-refractivity contribution is 7.98. The van der Waals surface area contributed by atoms with Gasteiger partial charge in [-0.2, -0.15) is 0 Å². The highest BCUT2D eigenvalue weighted by atomic mass is 35.5. The molecule has 102 valence electrons. The van der Waals surface area contributed by atoms with Crippen LogP contribution in [0.2, 0.25) is 5.02 Å². The molecule has 0 fully saturated rings. The zero-order valence-corrected chi connectivity index (χ0v) is 12.6. The summed E-state index contributed by atoms with van der Waals surface area (Å²) >= 11 is 7.75. The fourth-order valence-electron chi connectivity index (χ4n) is 2.02. The van der Waals surface area contributed by atoms with Crippen LogP contribution < -0.4 is 0 Å². The molecular weight excluding hydrogens is 294 g/mol. The van der Waals surface area contributed by atoms with E-state index in [0.717, 1.165) is 16.4 Å². The first kappa shape index (κ1) is 13.3. The first-order valence-electron chi connectivity index (χ1n) is 6.01. The van der Waals surface area contributed by atoms with Crippen LogP contribution in [0.5, 0.6) is 0 Å². The third-order valence-corrected chi connectivity index (χ3v) is 4.08. The lowest BCUT2D eigenvalue weighted by Crippen LogP contribution is -2.01. The van der Waals surface area contributed by atoms with E-state index >= 15 is 0 Å². The summed E-state index contributed by atoms with van der Waals surface area (Å²) < 4.78 is 7.41. The average molecular weight is 306 g/mol. The lowest BCUT2D eigenvalue weighted by Gasteiger charge is -2.12. The molecule has 0 N–H and O–H groups in total. The van der Waals surface area contributed by atoms with Crippen molar-refractivity contribution in [3.05, 3.63) is 47.2 Å². The highest BCUT2D eigenvalue weighted by Crippen LogP contribution is 2.30. The molecule has 2 aromatic heterocycles. The van der Waals surface area contributed by atoms with Crippen LogP contribution in [0.3, 0.4) is 0 Å². The van der Waals surface area contributed by atoms with E-state index < -0.39 is 0 Å². The van der Waals surface area contributed by atoms with Crippen molar-refractivity contribution in [1.29, 1.82) is 0 Å². The van der Waals surface area contributed by atoms with E-state index in [0.29, 0.717) is 16.6 Å². The van der Waals surface area contributed by atoms with E-state index in [4.69, 9.17) is 16.0 Å². The standard InChI is InChI=1S/C14H12ClN3OS/c1-9-10(15)5-3-6-11(9)18-13(12-7-4-8-19-12)16-17-14(18)20-2/h3-8H,1-2H3. The molecule has 3 aromatic rings. The van der Waals surface area contributed by atoms with Gasteiger partial charge in [-0.3, -0.25) is 4.57 Å². The van der Waals surface area contributed by atoms with Crippen LogP contribution in [0.4, 0.5) is 0 Å². The molecule has 6 heteroatoms. The van der Waals surface area contributed by atoms with E-state index in [1.165, 1.54) is 11.8 Å². The second-order valence-electron chi connectivity index (χ2n) is 4.21. The molecule has 0 amide bonds. The second-order valence-corrected chi connectivity index (χ2v) is 5.39. The number of halogens is 1. The van der Waals surface area contributed by atoms with E-state index in [-0.39, 0.29) is 0 Å². The third kappa shape index (κ3) is 2.13. The number of rotatable bonds is 3. The predicted octanol–water partition coefficient (Wildman–Crippen LogP) is 4.21. The fourth-order valence-corrected chi connectivity index (χ4v) is 2.68. The number of furan rings is 1. The van der Waals surface area contributed by atoms with Gasteiger partial charge in [0, 0.05) is 5.02 Å². The molecule has 0 radical (unpaired) electrons. The maximum atomic E-state index is 6.22. The molecule has 0 saturated carbocycles. The Balaban J connectivity index is 2.27. The van der Waals surface area contributed by atoms with Crippen molar-refractivity contribution in [3.8, 4) is 17.3 Å². The van der Waals surface area contributed by atoms with Crippen molar-refractivity contribution in [3.63, 3.8) is 0 Å². The normalized spacial score (nSPS) is 10.9. The SMILES string of the molecule is CSc1nnc(-c2ccco2)n1-c1cccc(Cl)c1C. The molecule has 2 heterocycles. The Morgan fingerprint density at radius 3 is 2.75 bits per heavy atom. The van der Waals surface area contributed by atoms with Crippen molar-refractivity contribution in [2.24, 2.45) is 0 Å². The highest BCUT2D eigenvalue weighted by Gasteiger charge is 2.18. The molecule has 0 saturated heterocycles. The van der Waals surface area contributed by atoms with E-state index in [2.05, 4.69) is 10.2 Å². The van der Waals surface area contributed by atoms with Gasteiger partial charge >= 0.3 is 0 Å². The van der Waals surface area contributed by atoms with Crippen LogP contribution >= 0.6 is 23.4 Å². The van der Waals surface area contributed by atoms with Gasteiger partial charge in [0.05, 0.1) is 12.0 Å². The van der Waals surface area contributed by atoms with Gasteiger partial charge in [-0.15, -0.1) is 10.2 Å². The van der Waals surface area contributed by atoms with Gasteiger partial charge in [0.1, 0.15) is 0 Å². The summed E-state index contributed by atoms with van der Waals surface area (Å²) in [5.41, 5.74) is 1.94. The Morgan fingerprint density at radius 1 is 1.20 bits per heavy atom. The van der Waals surface area contributed by atoms with Crippen LogP contribution in [0, 0.1) is 6.92 Å². The minimum absolute atomic E-state index is 0.671. The molecule has 3 rings (SSSR count). The van der Waals surface area contributed by atoms with Crippen molar-refractivity contribution in [2.45, 2.75) is 12.1 Å². The van der Waals surface area contributed by atoms with Crippen molar-refractivity contribution in [1.82, 2.24) is 14.8 Å². The molecule has 0 atom stereocenters. The number of hydrogen-bond acceptors (Lipinski definition) is 4. The van der Waals surface area contributed by atoms with E-state index in [1.54, 1.807) is 6.26 Å². The summed E-state index contributed by atoms with van der Waals surface area (Å²) in [5.74, 6) is 1.35. The molecule has 4 nitrogen and oxygen atoms in total. The quantitative estimate of drug-likeness (QED) is 0.680. The molecule has 1 aromatic carbocycles. The van der Waals surface area contributed by atoms with E-state index in [9.17, 15) is 0 Å². The average Bonchev–Trinajstić information content (AvgIpc) is 3.09. The summed E-state index contributed by atoms with van der Waals surface area (Å²) in [5, 5.41) is 9.95. The van der Waals surface area contributed by atoms with Crippen LogP contribution in [0.1, 0.15) is 5.56 Å². The summed E-state index contributed by atoms with van der Waals surface area (Å²) in [6, 6.07) is 9.48. The molecule has 0 unspecified atom stereocenters. The Bertz CT molecular complexity index is 737. The van der Waals surface area contributed by atoms with Crippen LogP contribution in [0.25, 0.3) is 17.3 Å². The Kier molecular flexibility index (Phi) is 3.54. The van der Waals surface area contributed by atoms with E-state index in [1.807, 2.05) is 48.1 Å². The zero-order valence-electron chi connectivity index (χ0n) is 11.0. The Morgan fingerprint density at radius 2 is 2.05 bits per heavy atom. The maximum absolute atomic E-state index is 6.22. The second kappa shape index (κ2) is 5.34. The van der Waals surface area contributed by atoms with Gasteiger partial charge in [-0.1, -0.05) is 29.4 Å². The van der Waals surface area contributed by atoms with Gasteiger partial charge in [-0.05, 0) is 43.0 Å². The van der Waals surface area contributed by atoms with Gasteiger partial charge in [0.15, 0.2) is 10.9 Å². The summed E-state index contributed by atoms with van der Waals surface area (Å²) in [6.07, 6.45) is 3.59. The fraction of sp³-hybridized carbons (Fsp3) is 0.143. The number of aromatic nitrogens is 3. The molecule has 0 aliphatic rings. The predicted molar refractivity (Wildman–Crippen MR) is 80.6 cm³/mol. The van der Waals surface area contributed by atoms with Crippen LogP contribution in [-0.2, 0) is 0 Å². The van der Waals surface area contributed by atoms with Crippen LogP contribution in [0.15, 0.2) is 46.2 Å². The monoisotopic (exact) mass is 305 g/mol. The van der Waals surface area contributed by atoms with Crippen molar-refractivity contribution >= 4 is 23.4 Å². The number of nitrogens with zero attached hydrogens (tertiary/aromatic N) is 3. The van der Waals surface area contributed by atoms with Crippen molar-refractivity contribution in [2.75, 3.05) is 6.26 Å². The molecular formula is C14H12ClN3OS. The number of benzene rings is 1. The first-order chi connectivity index (χ1) is 9.72. The zero-order chi connectivity index (χ0) is 14.1. The summed E-state index contributed by atoms with van der Waals surface area (Å²) in [6.45, 7) is 1.98. The molecule has 0 aliphatic heterocycles. The van der Waals surface area contributed by atoms with Gasteiger partial charge in [0.25, 0.3) is 0 Å². The van der Waals surface area contributed by atoms with Crippen LogP contribution in [-0.4, -0.2) is 21.0 Å². The van der Waals surface area contributed by atoms with Gasteiger partial charge in [-0.25, -0.2) is 0 Å². The summed E-state index contributed by atoms with van der Waals surface area (Å²) in [4.78, 5) is 0. The largest absolute Gasteiger partial charge is 0.461 e. The Labute approximate surface area is 125 Å². The summed E-state index contributed by atoms with van der Waals surface area (Å²) in [7, 11) is 0. The number of hydrogen-bond donors (Lipinski definition) is 0. The maximum Gasteiger partial charge on any atom is 0.205 e. The Hall–Kier alpha value is -1.72. The molecule has 0 spiro atoms. The topological polar surface area (TPSA) is 43.9 Å². The van der Waals surface area contributed by atoms with Gasteiger partial charge in [0.2, 0.25) is 5.82 Å². The third-order valence-electron chi connectivity index (χ3n) is 3.04. The number of thioether (sulfide) groups is 1. The lowest BCUT2D eigenvalue weighted by molar-refractivity contribution is 0.575.